The molecule has 0 heterocycles. The van der Waals surface area contributed by atoms with Crippen LogP contribution in [0.5, 0.6) is 0 Å². The van der Waals surface area contributed by atoms with E-state index in [1.54, 1.807) is 0 Å². The Morgan fingerprint density at radius 2 is 1.80 bits per heavy atom. The first-order valence-electron chi connectivity index (χ1n) is 5.57. The molecule has 0 aromatic heterocycles. The van der Waals surface area contributed by atoms with Crippen molar-refractivity contribution < 1.29 is 0 Å². The fourth-order valence-electron chi connectivity index (χ4n) is 1.62. The molecular formula is C13H22N2. The van der Waals surface area contributed by atoms with Crippen molar-refractivity contribution in [1.29, 1.82) is 0 Å². The smallest absolute Gasteiger partial charge is 0.0230 e. The highest BCUT2D eigenvalue weighted by atomic mass is 15.1. The Morgan fingerprint density at radius 3 is 2.33 bits per heavy atom. The molecule has 0 aliphatic rings. The summed E-state index contributed by atoms with van der Waals surface area (Å²) in [6.07, 6.45) is 0. The molecule has 84 valence electrons. The number of hydrogen-bond donors (Lipinski definition) is 1. The quantitative estimate of drug-likeness (QED) is 0.799. The van der Waals surface area contributed by atoms with Crippen LogP contribution >= 0.6 is 0 Å². The third kappa shape index (κ3) is 4.45. The Hall–Kier alpha value is -0.860. The lowest BCUT2D eigenvalue weighted by molar-refractivity contribution is 0.262. The minimum Gasteiger partial charge on any atom is -0.328 e. The van der Waals surface area contributed by atoms with Crippen LogP contribution in [0.25, 0.3) is 0 Å². The minimum absolute atomic E-state index is 0.267. The molecule has 0 amide bonds. The Morgan fingerprint density at radius 1 is 1.20 bits per heavy atom. The van der Waals surface area contributed by atoms with Crippen LogP contribution in [0.4, 0.5) is 0 Å². The summed E-state index contributed by atoms with van der Waals surface area (Å²) in [4.78, 5) is 2.32. The van der Waals surface area contributed by atoms with E-state index in [1.165, 1.54) is 5.56 Å². The standard InChI is InChI=1S/C13H22N2/c1-11(12(2)14)9-15(3)10-13-7-5-4-6-8-13/h4-8,11-12H,9-10,14H2,1-3H3. The van der Waals surface area contributed by atoms with Crippen molar-refractivity contribution in [3.8, 4) is 0 Å². The summed E-state index contributed by atoms with van der Waals surface area (Å²) in [7, 11) is 2.14. The maximum atomic E-state index is 5.85. The van der Waals surface area contributed by atoms with Crippen molar-refractivity contribution in [3.05, 3.63) is 35.9 Å². The molecular weight excluding hydrogens is 184 g/mol. The average Bonchev–Trinajstić information content (AvgIpc) is 2.18. The van der Waals surface area contributed by atoms with E-state index in [2.05, 4.69) is 50.1 Å². The molecule has 2 atom stereocenters. The Bertz CT molecular complexity index is 269. The van der Waals surface area contributed by atoms with Gasteiger partial charge < -0.3 is 10.6 Å². The van der Waals surface area contributed by atoms with E-state index in [-0.39, 0.29) is 6.04 Å². The molecule has 0 spiro atoms. The monoisotopic (exact) mass is 206 g/mol. The van der Waals surface area contributed by atoms with Crippen molar-refractivity contribution in [1.82, 2.24) is 4.90 Å². The highest BCUT2D eigenvalue weighted by Gasteiger charge is 2.10. The highest BCUT2D eigenvalue weighted by Crippen LogP contribution is 2.07. The van der Waals surface area contributed by atoms with Gasteiger partial charge in [0.05, 0.1) is 0 Å². The molecule has 0 aliphatic carbocycles. The number of nitrogens with two attached hydrogens (primary N) is 1. The van der Waals surface area contributed by atoms with E-state index >= 15 is 0 Å². The van der Waals surface area contributed by atoms with Crippen molar-refractivity contribution >= 4 is 0 Å². The zero-order valence-electron chi connectivity index (χ0n) is 9.98. The number of nitrogens with zero attached hydrogens (tertiary/aromatic N) is 1. The Kier molecular flexibility index (Phi) is 4.79. The largest absolute Gasteiger partial charge is 0.328 e. The van der Waals surface area contributed by atoms with Gasteiger partial charge in [-0.05, 0) is 25.5 Å². The second kappa shape index (κ2) is 5.89. The van der Waals surface area contributed by atoms with Crippen molar-refractivity contribution in [2.45, 2.75) is 26.4 Å². The van der Waals surface area contributed by atoms with Gasteiger partial charge >= 0.3 is 0 Å². The van der Waals surface area contributed by atoms with Gasteiger partial charge in [0.1, 0.15) is 0 Å². The van der Waals surface area contributed by atoms with Gasteiger partial charge in [0.2, 0.25) is 0 Å². The fraction of sp³-hybridized carbons (Fsp3) is 0.538. The van der Waals surface area contributed by atoms with Crippen LogP contribution in [0.1, 0.15) is 19.4 Å². The molecule has 0 radical (unpaired) electrons. The van der Waals surface area contributed by atoms with Gasteiger partial charge in [-0.2, -0.15) is 0 Å². The number of hydrogen-bond acceptors (Lipinski definition) is 2. The van der Waals surface area contributed by atoms with Gasteiger partial charge in [0.15, 0.2) is 0 Å². The lowest BCUT2D eigenvalue weighted by Gasteiger charge is -2.23. The topological polar surface area (TPSA) is 29.3 Å². The predicted octanol–water partition coefficient (Wildman–Crippen LogP) is 2.10. The van der Waals surface area contributed by atoms with Crippen molar-refractivity contribution in [2.75, 3.05) is 13.6 Å². The van der Waals surface area contributed by atoms with Crippen molar-refractivity contribution in [3.63, 3.8) is 0 Å². The van der Waals surface area contributed by atoms with Crippen LogP contribution in [0.3, 0.4) is 0 Å². The number of rotatable bonds is 5. The van der Waals surface area contributed by atoms with Crippen LogP contribution in [0.15, 0.2) is 30.3 Å². The second-order valence-corrected chi connectivity index (χ2v) is 4.52. The first kappa shape index (κ1) is 12.2. The third-order valence-electron chi connectivity index (χ3n) is 2.79. The van der Waals surface area contributed by atoms with Crippen LogP contribution in [-0.4, -0.2) is 24.5 Å². The van der Waals surface area contributed by atoms with Crippen molar-refractivity contribution in [2.24, 2.45) is 11.7 Å². The van der Waals surface area contributed by atoms with E-state index in [1.807, 2.05) is 6.07 Å². The Balaban J connectivity index is 2.39. The molecule has 15 heavy (non-hydrogen) atoms. The van der Waals surface area contributed by atoms with Gasteiger partial charge in [-0.25, -0.2) is 0 Å². The maximum Gasteiger partial charge on any atom is 0.0230 e. The fourth-order valence-corrected chi connectivity index (χ4v) is 1.62. The molecule has 0 aliphatic heterocycles. The van der Waals surface area contributed by atoms with Gasteiger partial charge in [0.25, 0.3) is 0 Å². The van der Waals surface area contributed by atoms with Gasteiger partial charge in [-0.15, -0.1) is 0 Å². The Labute approximate surface area is 93.1 Å². The predicted molar refractivity (Wildman–Crippen MR) is 65.6 cm³/mol. The summed E-state index contributed by atoms with van der Waals surface area (Å²) in [6.45, 7) is 6.32. The van der Waals surface area contributed by atoms with E-state index in [0.29, 0.717) is 5.92 Å². The zero-order valence-corrected chi connectivity index (χ0v) is 9.98. The van der Waals surface area contributed by atoms with Gasteiger partial charge in [-0.1, -0.05) is 37.3 Å². The molecule has 2 N–H and O–H groups in total. The summed E-state index contributed by atoms with van der Waals surface area (Å²) in [5.41, 5.74) is 7.21. The SMILES string of the molecule is CC(N)C(C)CN(C)Cc1ccccc1. The molecule has 0 fully saturated rings. The molecule has 1 aromatic rings. The summed E-state index contributed by atoms with van der Waals surface area (Å²) < 4.78 is 0. The lowest BCUT2D eigenvalue weighted by atomic mass is 10.0. The molecule has 2 unspecified atom stereocenters. The molecule has 1 aromatic carbocycles. The highest BCUT2D eigenvalue weighted by molar-refractivity contribution is 5.14. The summed E-state index contributed by atoms with van der Waals surface area (Å²) in [6, 6.07) is 10.8. The summed E-state index contributed by atoms with van der Waals surface area (Å²) >= 11 is 0. The van der Waals surface area contributed by atoms with Crippen LogP contribution in [0.2, 0.25) is 0 Å². The molecule has 0 saturated heterocycles. The van der Waals surface area contributed by atoms with Crippen LogP contribution in [-0.2, 0) is 6.54 Å². The molecule has 2 heteroatoms. The summed E-state index contributed by atoms with van der Waals surface area (Å²) in [5, 5.41) is 0. The van der Waals surface area contributed by atoms with Crippen LogP contribution in [0, 0.1) is 5.92 Å². The minimum atomic E-state index is 0.267. The molecule has 0 bridgehead atoms. The van der Waals surface area contributed by atoms with E-state index in [9.17, 15) is 0 Å². The van der Waals surface area contributed by atoms with E-state index < -0.39 is 0 Å². The van der Waals surface area contributed by atoms with E-state index in [0.717, 1.165) is 13.1 Å². The maximum absolute atomic E-state index is 5.85. The van der Waals surface area contributed by atoms with E-state index in [4.69, 9.17) is 5.73 Å². The molecule has 0 saturated carbocycles. The van der Waals surface area contributed by atoms with Gasteiger partial charge in [-0.3, -0.25) is 0 Å². The molecule has 1 rings (SSSR count). The average molecular weight is 206 g/mol. The van der Waals surface area contributed by atoms with Crippen LogP contribution < -0.4 is 5.73 Å². The molecule has 2 nitrogen and oxygen atoms in total. The lowest BCUT2D eigenvalue weighted by Crippen LogP contribution is -2.34. The third-order valence-corrected chi connectivity index (χ3v) is 2.79. The second-order valence-electron chi connectivity index (χ2n) is 4.52. The first-order chi connectivity index (χ1) is 7.09. The summed E-state index contributed by atoms with van der Waals surface area (Å²) in [5.74, 6) is 0.540. The van der Waals surface area contributed by atoms with Gasteiger partial charge in [0, 0.05) is 19.1 Å². The zero-order chi connectivity index (χ0) is 11.3. The first-order valence-corrected chi connectivity index (χ1v) is 5.57. The number of benzene rings is 1. The normalized spacial score (nSPS) is 15.3.